The van der Waals surface area contributed by atoms with Gasteiger partial charge in [0.15, 0.2) is 0 Å². The van der Waals surface area contributed by atoms with Crippen LogP contribution in [0.3, 0.4) is 0 Å². The quantitative estimate of drug-likeness (QED) is 0.674. The molecule has 2 aromatic carbocycles. The number of carbonyl (C=O) groups is 2. The van der Waals surface area contributed by atoms with Crippen molar-refractivity contribution in [2.75, 3.05) is 0 Å². The highest BCUT2D eigenvalue weighted by Gasteiger charge is 2.01. The van der Waals surface area contributed by atoms with Crippen molar-refractivity contribution >= 4 is 11.6 Å². The van der Waals surface area contributed by atoms with Crippen molar-refractivity contribution in [3.8, 4) is 23.7 Å². The molecule has 0 spiro atoms. The summed E-state index contributed by atoms with van der Waals surface area (Å²) < 4.78 is 0. The van der Waals surface area contributed by atoms with E-state index in [1.54, 1.807) is 13.8 Å². The van der Waals surface area contributed by atoms with Gasteiger partial charge in [0.25, 0.3) is 0 Å². The molecule has 0 atom stereocenters. The standard InChI is InChI=1S/C24H19NO2/c1-19(23(26)15-13-21-9-5-3-6-10-21)17-25-18-20(2)24(27)16-14-22-11-7-4-8-12-22/h3-12,17-18,25H,1-2H3. The molecule has 2 aromatic rings. The molecule has 0 radical (unpaired) electrons. The number of ketones is 2. The van der Waals surface area contributed by atoms with Crippen LogP contribution in [0.5, 0.6) is 0 Å². The van der Waals surface area contributed by atoms with Gasteiger partial charge in [-0.2, -0.15) is 0 Å². The summed E-state index contributed by atoms with van der Waals surface area (Å²) in [5.74, 6) is 10.3. The molecule has 0 aliphatic carbocycles. The zero-order valence-corrected chi connectivity index (χ0v) is 15.2. The van der Waals surface area contributed by atoms with Crippen molar-refractivity contribution in [3.05, 3.63) is 95.3 Å². The molecule has 132 valence electrons. The Labute approximate surface area is 159 Å². The van der Waals surface area contributed by atoms with Gasteiger partial charge in [0.2, 0.25) is 11.6 Å². The molecule has 0 amide bonds. The summed E-state index contributed by atoms with van der Waals surface area (Å²) in [6.45, 7) is 3.32. The van der Waals surface area contributed by atoms with E-state index in [1.807, 2.05) is 60.7 Å². The van der Waals surface area contributed by atoms with Crippen LogP contribution in [0.15, 0.2) is 84.2 Å². The number of benzene rings is 2. The summed E-state index contributed by atoms with van der Waals surface area (Å²) in [6.07, 6.45) is 3.03. The first kappa shape index (κ1) is 19.5. The first-order valence-electron chi connectivity index (χ1n) is 8.38. The molecule has 0 aliphatic rings. The Kier molecular flexibility index (Phi) is 7.39. The highest BCUT2D eigenvalue weighted by Crippen LogP contribution is 1.99. The molecule has 0 fully saturated rings. The molecule has 0 saturated heterocycles. The summed E-state index contributed by atoms with van der Waals surface area (Å²) in [7, 11) is 0. The molecule has 0 unspecified atom stereocenters. The third-order valence-electron chi connectivity index (χ3n) is 3.50. The lowest BCUT2D eigenvalue weighted by molar-refractivity contribution is -0.111. The highest BCUT2D eigenvalue weighted by molar-refractivity contribution is 6.09. The van der Waals surface area contributed by atoms with Crippen LogP contribution >= 0.6 is 0 Å². The third-order valence-corrected chi connectivity index (χ3v) is 3.50. The lowest BCUT2D eigenvalue weighted by Gasteiger charge is -1.97. The predicted molar refractivity (Wildman–Crippen MR) is 107 cm³/mol. The second-order valence-electron chi connectivity index (χ2n) is 5.71. The molecule has 0 heterocycles. The largest absolute Gasteiger partial charge is 0.367 e. The fourth-order valence-electron chi connectivity index (χ4n) is 1.92. The summed E-state index contributed by atoms with van der Waals surface area (Å²) in [5, 5.41) is 2.84. The summed E-state index contributed by atoms with van der Waals surface area (Å²) in [4.78, 5) is 24.0. The Morgan fingerprint density at radius 1 is 0.704 bits per heavy atom. The van der Waals surface area contributed by atoms with E-state index in [-0.39, 0.29) is 11.6 Å². The van der Waals surface area contributed by atoms with Gasteiger partial charge in [-0.1, -0.05) is 48.2 Å². The molecular formula is C24H19NO2. The van der Waals surface area contributed by atoms with Gasteiger partial charge in [-0.25, -0.2) is 0 Å². The van der Waals surface area contributed by atoms with Crippen LogP contribution in [0, 0.1) is 23.7 Å². The molecule has 1 N–H and O–H groups in total. The Morgan fingerprint density at radius 3 is 1.44 bits per heavy atom. The first-order chi connectivity index (χ1) is 13.1. The average Bonchev–Trinajstić information content (AvgIpc) is 2.71. The van der Waals surface area contributed by atoms with Crippen molar-refractivity contribution in [2.24, 2.45) is 0 Å². The zero-order valence-electron chi connectivity index (χ0n) is 15.2. The number of rotatable bonds is 4. The van der Waals surface area contributed by atoms with E-state index in [9.17, 15) is 9.59 Å². The van der Waals surface area contributed by atoms with E-state index < -0.39 is 0 Å². The van der Waals surface area contributed by atoms with Crippen LogP contribution in [-0.2, 0) is 9.59 Å². The fraction of sp³-hybridized carbons (Fsp3) is 0.0833. The lowest BCUT2D eigenvalue weighted by atomic mass is 10.1. The van der Waals surface area contributed by atoms with Gasteiger partial charge in [-0.05, 0) is 50.0 Å². The van der Waals surface area contributed by atoms with Gasteiger partial charge in [-0.3, -0.25) is 9.59 Å². The van der Waals surface area contributed by atoms with Gasteiger partial charge < -0.3 is 5.32 Å². The smallest absolute Gasteiger partial charge is 0.233 e. The molecule has 0 aliphatic heterocycles. The number of carbonyl (C=O) groups excluding carboxylic acids is 2. The SMILES string of the molecule is CC(=CNC=C(C)C(=O)C#Cc1ccccc1)C(=O)C#Cc1ccccc1. The van der Waals surface area contributed by atoms with E-state index in [0.717, 1.165) is 11.1 Å². The van der Waals surface area contributed by atoms with Crippen molar-refractivity contribution < 1.29 is 9.59 Å². The van der Waals surface area contributed by atoms with Crippen molar-refractivity contribution in [3.63, 3.8) is 0 Å². The van der Waals surface area contributed by atoms with E-state index in [1.165, 1.54) is 12.4 Å². The number of hydrogen-bond acceptors (Lipinski definition) is 3. The second-order valence-corrected chi connectivity index (χ2v) is 5.71. The maximum absolute atomic E-state index is 12.0. The molecule has 3 heteroatoms. The van der Waals surface area contributed by atoms with Gasteiger partial charge >= 0.3 is 0 Å². The first-order valence-corrected chi connectivity index (χ1v) is 8.38. The highest BCUT2D eigenvalue weighted by atomic mass is 16.1. The predicted octanol–water partition coefficient (Wildman–Crippen LogP) is 3.63. The van der Waals surface area contributed by atoms with Crippen molar-refractivity contribution in [1.82, 2.24) is 5.32 Å². The van der Waals surface area contributed by atoms with E-state index in [4.69, 9.17) is 0 Å². The van der Waals surface area contributed by atoms with E-state index in [2.05, 4.69) is 29.0 Å². The van der Waals surface area contributed by atoms with Crippen LogP contribution in [0.25, 0.3) is 0 Å². The lowest BCUT2D eigenvalue weighted by Crippen LogP contribution is -2.05. The van der Waals surface area contributed by atoms with Crippen LogP contribution in [0.2, 0.25) is 0 Å². The van der Waals surface area contributed by atoms with Gasteiger partial charge in [0, 0.05) is 34.7 Å². The van der Waals surface area contributed by atoms with Gasteiger partial charge in [0.1, 0.15) is 0 Å². The van der Waals surface area contributed by atoms with Crippen LogP contribution in [0.1, 0.15) is 25.0 Å². The molecular weight excluding hydrogens is 334 g/mol. The Balaban J connectivity index is 1.94. The molecule has 0 saturated carbocycles. The van der Waals surface area contributed by atoms with Gasteiger partial charge in [-0.15, -0.1) is 0 Å². The average molecular weight is 353 g/mol. The van der Waals surface area contributed by atoms with Crippen LogP contribution in [-0.4, -0.2) is 11.6 Å². The normalized spacial score (nSPS) is 10.7. The maximum Gasteiger partial charge on any atom is 0.233 e. The minimum absolute atomic E-state index is 0.285. The van der Waals surface area contributed by atoms with E-state index >= 15 is 0 Å². The van der Waals surface area contributed by atoms with E-state index in [0.29, 0.717) is 11.1 Å². The molecule has 3 nitrogen and oxygen atoms in total. The number of nitrogens with one attached hydrogen (secondary N) is 1. The summed E-state index contributed by atoms with van der Waals surface area (Å²) in [6, 6.07) is 18.6. The van der Waals surface area contributed by atoms with Crippen molar-refractivity contribution in [2.45, 2.75) is 13.8 Å². The van der Waals surface area contributed by atoms with Crippen molar-refractivity contribution in [1.29, 1.82) is 0 Å². The monoisotopic (exact) mass is 353 g/mol. The minimum Gasteiger partial charge on any atom is -0.367 e. The minimum atomic E-state index is -0.285. The maximum atomic E-state index is 12.0. The summed E-state index contributed by atoms with van der Waals surface area (Å²) in [5.41, 5.74) is 2.46. The molecule has 0 aromatic heterocycles. The fourth-order valence-corrected chi connectivity index (χ4v) is 1.92. The number of allylic oxidation sites excluding steroid dienone is 2. The Morgan fingerprint density at radius 2 is 1.07 bits per heavy atom. The Hall–Kier alpha value is -3.82. The zero-order chi connectivity index (χ0) is 19.5. The number of Topliss-reactive ketones (excluding diaryl/α,β-unsaturated/α-hetero) is 2. The van der Waals surface area contributed by atoms with Crippen LogP contribution < -0.4 is 5.32 Å². The topological polar surface area (TPSA) is 46.2 Å². The molecule has 0 bridgehead atoms. The third kappa shape index (κ3) is 6.90. The Bertz CT molecular complexity index is 909. The second kappa shape index (κ2) is 10.2. The summed E-state index contributed by atoms with van der Waals surface area (Å²) >= 11 is 0. The number of hydrogen-bond donors (Lipinski definition) is 1. The van der Waals surface area contributed by atoms with Crippen LogP contribution in [0.4, 0.5) is 0 Å². The molecule has 27 heavy (non-hydrogen) atoms. The molecule has 2 rings (SSSR count). The van der Waals surface area contributed by atoms with Gasteiger partial charge in [0.05, 0.1) is 0 Å².